The van der Waals surface area contributed by atoms with Crippen molar-refractivity contribution in [3.63, 3.8) is 0 Å². The summed E-state index contributed by atoms with van der Waals surface area (Å²) in [7, 11) is 0. The fourth-order valence-corrected chi connectivity index (χ4v) is 2.10. The third-order valence-electron chi connectivity index (χ3n) is 3.19. The minimum atomic E-state index is -0.312. The van der Waals surface area contributed by atoms with Crippen molar-refractivity contribution in [3.05, 3.63) is 47.1 Å². The van der Waals surface area contributed by atoms with Crippen molar-refractivity contribution in [2.45, 2.75) is 39.8 Å². The summed E-state index contributed by atoms with van der Waals surface area (Å²) in [6.45, 7) is 7.13. The highest BCUT2D eigenvalue weighted by atomic mass is 19.1. The molecule has 0 bridgehead atoms. The molecule has 114 valence electrons. The van der Waals surface area contributed by atoms with E-state index in [0.29, 0.717) is 11.4 Å². The number of nitrogens with zero attached hydrogens (tertiary/aromatic N) is 1. The zero-order valence-corrected chi connectivity index (χ0v) is 12.6. The van der Waals surface area contributed by atoms with Gasteiger partial charge >= 0.3 is 0 Å². The Labute approximate surface area is 124 Å². The smallest absolute Gasteiger partial charge is 0.134 e. The van der Waals surface area contributed by atoms with E-state index in [1.54, 1.807) is 12.1 Å². The van der Waals surface area contributed by atoms with Crippen LogP contribution in [0.25, 0.3) is 0 Å². The molecule has 0 saturated heterocycles. The molecule has 2 aromatic rings. The lowest BCUT2D eigenvalue weighted by atomic mass is 10.1. The summed E-state index contributed by atoms with van der Waals surface area (Å²) >= 11 is 0. The van der Waals surface area contributed by atoms with E-state index in [9.17, 15) is 4.39 Å². The zero-order chi connectivity index (χ0) is 15.2. The number of aryl methyl sites for hydroxylation is 1. The predicted octanol–water partition coefficient (Wildman–Crippen LogP) is 3.76. The summed E-state index contributed by atoms with van der Waals surface area (Å²) in [4.78, 5) is 0. The number of aromatic nitrogens is 1. The van der Waals surface area contributed by atoms with Gasteiger partial charge in [0.15, 0.2) is 0 Å². The van der Waals surface area contributed by atoms with E-state index in [4.69, 9.17) is 9.26 Å². The second-order valence-electron chi connectivity index (χ2n) is 5.08. The number of halogens is 1. The Morgan fingerprint density at radius 3 is 2.86 bits per heavy atom. The molecule has 0 spiro atoms. The van der Waals surface area contributed by atoms with Gasteiger partial charge in [-0.1, -0.05) is 18.1 Å². The van der Waals surface area contributed by atoms with E-state index < -0.39 is 0 Å². The van der Waals surface area contributed by atoms with E-state index in [-0.39, 0.29) is 18.5 Å². The molecule has 1 aromatic heterocycles. The predicted molar refractivity (Wildman–Crippen MR) is 78.7 cm³/mol. The van der Waals surface area contributed by atoms with Gasteiger partial charge in [0.1, 0.15) is 29.6 Å². The molecule has 0 aliphatic heterocycles. The average molecular weight is 292 g/mol. The maximum atomic E-state index is 13.5. The van der Waals surface area contributed by atoms with Crippen LogP contribution in [0.4, 0.5) is 4.39 Å². The lowest BCUT2D eigenvalue weighted by molar-refractivity contribution is 0.281. The summed E-state index contributed by atoms with van der Waals surface area (Å²) in [6.07, 6.45) is 1.04. The van der Waals surface area contributed by atoms with Crippen LogP contribution < -0.4 is 10.1 Å². The first-order valence-electron chi connectivity index (χ1n) is 7.18. The molecule has 0 amide bonds. The molecule has 2 rings (SSSR count). The summed E-state index contributed by atoms with van der Waals surface area (Å²) in [6, 6.07) is 6.52. The maximum Gasteiger partial charge on any atom is 0.134 e. The average Bonchev–Trinajstić information content (AvgIpc) is 2.88. The Morgan fingerprint density at radius 1 is 1.38 bits per heavy atom. The monoisotopic (exact) mass is 292 g/mol. The number of hydrogen-bond acceptors (Lipinski definition) is 4. The molecule has 0 aliphatic carbocycles. The van der Waals surface area contributed by atoms with E-state index in [2.05, 4.69) is 17.4 Å². The normalized spacial score (nSPS) is 12.4. The minimum absolute atomic E-state index is 0.0968. The van der Waals surface area contributed by atoms with Crippen molar-refractivity contribution < 1.29 is 13.7 Å². The molecule has 1 heterocycles. The Kier molecular flexibility index (Phi) is 5.33. The van der Waals surface area contributed by atoms with Gasteiger partial charge in [-0.25, -0.2) is 4.39 Å². The molecule has 1 aromatic carbocycles. The van der Waals surface area contributed by atoms with E-state index in [1.165, 1.54) is 12.1 Å². The SMILES string of the molecule is CCCNC(C)c1ccc(F)cc1OCc1cc(C)on1. The Morgan fingerprint density at radius 2 is 2.19 bits per heavy atom. The van der Waals surface area contributed by atoms with Crippen LogP contribution in [0.1, 0.15) is 43.3 Å². The van der Waals surface area contributed by atoms with Crippen LogP contribution in [0, 0.1) is 12.7 Å². The van der Waals surface area contributed by atoms with Crippen molar-refractivity contribution in [3.8, 4) is 5.75 Å². The maximum absolute atomic E-state index is 13.5. The Balaban J connectivity index is 2.10. The third kappa shape index (κ3) is 4.29. The van der Waals surface area contributed by atoms with Gasteiger partial charge in [-0.05, 0) is 32.9 Å². The highest BCUT2D eigenvalue weighted by molar-refractivity contribution is 5.36. The van der Waals surface area contributed by atoms with E-state index in [0.717, 1.165) is 24.3 Å². The first-order chi connectivity index (χ1) is 10.1. The molecular formula is C16H21FN2O2. The first kappa shape index (κ1) is 15.5. The van der Waals surface area contributed by atoms with Gasteiger partial charge in [-0.3, -0.25) is 0 Å². The van der Waals surface area contributed by atoms with Crippen molar-refractivity contribution in [2.75, 3.05) is 6.54 Å². The summed E-state index contributed by atoms with van der Waals surface area (Å²) < 4.78 is 24.2. The standard InChI is InChI=1S/C16H21FN2O2/c1-4-7-18-12(3)15-6-5-13(17)9-16(15)20-10-14-8-11(2)21-19-14/h5-6,8-9,12,18H,4,7,10H2,1-3H3. The summed E-state index contributed by atoms with van der Waals surface area (Å²) in [5.41, 5.74) is 1.63. The Bertz CT molecular complexity index is 583. The molecule has 0 saturated carbocycles. The molecule has 1 atom stereocenters. The molecule has 0 fully saturated rings. The molecular weight excluding hydrogens is 271 g/mol. The van der Waals surface area contributed by atoms with Gasteiger partial charge in [0.05, 0.1) is 0 Å². The van der Waals surface area contributed by atoms with Gasteiger partial charge < -0.3 is 14.6 Å². The molecule has 21 heavy (non-hydrogen) atoms. The largest absolute Gasteiger partial charge is 0.487 e. The first-order valence-corrected chi connectivity index (χ1v) is 7.18. The second-order valence-corrected chi connectivity index (χ2v) is 5.08. The fraction of sp³-hybridized carbons (Fsp3) is 0.438. The van der Waals surface area contributed by atoms with Crippen LogP contribution >= 0.6 is 0 Å². The highest BCUT2D eigenvalue weighted by Crippen LogP contribution is 2.27. The molecule has 5 heteroatoms. The lowest BCUT2D eigenvalue weighted by Gasteiger charge is -2.18. The second kappa shape index (κ2) is 7.22. The quantitative estimate of drug-likeness (QED) is 0.844. The van der Waals surface area contributed by atoms with Gasteiger partial charge in [-0.15, -0.1) is 0 Å². The number of hydrogen-bond donors (Lipinski definition) is 1. The van der Waals surface area contributed by atoms with Crippen molar-refractivity contribution >= 4 is 0 Å². The lowest BCUT2D eigenvalue weighted by Crippen LogP contribution is -2.20. The third-order valence-corrected chi connectivity index (χ3v) is 3.19. The van der Waals surface area contributed by atoms with Crippen LogP contribution in [0.2, 0.25) is 0 Å². The van der Waals surface area contributed by atoms with Crippen molar-refractivity contribution in [1.82, 2.24) is 10.5 Å². The van der Waals surface area contributed by atoms with E-state index >= 15 is 0 Å². The number of nitrogens with one attached hydrogen (secondary N) is 1. The van der Waals surface area contributed by atoms with Crippen LogP contribution in [0.3, 0.4) is 0 Å². The number of rotatable bonds is 7. The zero-order valence-electron chi connectivity index (χ0n) is 12.6. The topological polar surface area (TPSA) is 47.3 Å². The number of benzene rings is 1. The molecule has 1 unspecified atom stereocenters. The van der Waals surface area contributed by atoms with Crippen molar-refractivity contribution in [1.29, 1.82) is 0 Å². The summed E-state index contributed by atoms with van der Waals surface area (Å²) in [5.74, 6) is 0.950. The van der Waals surface area contributed by atoms with Crippen LogP contribution in [-0.4, -0.2) is 11.7 Å². The van der Waals surface area contributed by atoms with Gasteiger partial charge in [-0.2, -0.15) is 0 Å². The van der Waals surface area contributed by atoms with Crippen molar-refractivity contribution in [2.24, 2.45) is 0 Å². The Hall–Kier alpha value is -1.88. The van der Waals surface area contributed by atoms with Crippen LogP contribution in [-0.2, 0) is 6.61 Å². The molecule has 1 N–H and O–H groups in total. The minimum Gasteiger partial charge on any atom is -0.487 e. The van der Waals surface area contributed by atoms with Gasteiger partial charge in [0, 0.05) is 23.7 Å². The summed E-state index contributed by atoms with van der Waals surface area (Å²) in [5, 5.41) is 7.24. The van der Waals surface area contributed by atoms with Gasteiger partial charge in [0.2, 0.25) is 0 Å². The van der Waals surface area contributed by atoms with Crippen LogP contribution in [0.15, 0.2) is 28.8 Å². The highest BCUT2D eigenvalue weighted by Gasteiger charge is 2.13. The van der Waals surface area contributed by atoms with Crippen LogP contribution in [0.5, 0.6) is 5.75 Å². The molecule has 4 nitrogen and oxygen atoms in total. The molecule has 0 radical (unpaired) electrons. The number of ether oxygens (including phenoxy) is 1. The van der Waals surface area contributed by atoms with E-state index in [1.807, 2.05) is 13.8 Å². The molecule has 0 aliphatic rings. The van der Waals surface area contributed by atoms with Gasteiger partial charge in [0.25, 0.3) is 0 Å². The fourth-order valence-electron chi connectivity index (χ4n) is 2.10.